The molecule has 0 nitrogen and oxygen atoms in total. The molecule has 1 fully saturated rings. The maximum absolute atomic E-state index is 12.3. The Morgan fingerprint density at radius 3 is 1.62 bits per heavy atom. The van der Waals surface area contributed by atoms with Gasteiger partial charge < -0.3 is 0 Å². The molecule has 16 heavy (non-hydrogen) atoms. The van der Waals surface area contributed by atoms with Crippen molar-refractivity contribution in [3.63, 3.8) is 0 Å². The van der Waals surface area contributed by atoms with Crippen LogP contribution in [0.5, 0.6) is 0 Å². The van der Waals surface area contributed by atoms with Gasteiger partial charge in [-0.1, -0.05) is 12.5 Å². The molecule has 0 bridgehead atoms. The largest absolute Gasteiger partial charge is 0.421 e. The van der Waals surface area contributed by atoms with Crippen molar-refractivity contribution < 1.29 is 26.3 Å². The summed E-state index contributed by atoms with van der Waals surface area (Å²) in [4.78, 5) is 0. The van der Waals surface area contributed by atoms with Gasteiger partial charge in [0.1, 0.15) is 5.57 Å². The van der Waals surface area contributed by atoms with E-state index in [2.05, 4.69) is 0 Å². The molecular formula is C10H12F6. The summed E-state index contributed by atoms with van der Waals surface area (Å²) in [5, 5.41) is 0. The number of hydrogen-bond acceptors (Lipinski definition) is 0. The lowest BCUT2D eigenvalue weighted by atomic mass is 9.84. The first-order valence-electron chi connectivity index (χ1n) is 4.98. The van der Waals surface area contributed by atoms with Crippen molar-refractivity contribution in [1.29, 1.82) is 0 Å². The summed E-state index contributed by atoms with van der Waals surface area (Å²) in [6, 6.07) is 0. The van der Waals surface area contributed by atoms with E-state index < -0.39 is 23.5 Å². The lowest BCUT2D eigenvalue weighted by molar-refractivity contribution is -0.173. The van der Waals surface area contributed by atoms with Crippen LogP contribution in [0.3, 0.4) is 0 Å². The van der Waals surface area contributed by atoms with Crippen LogP contribution in [0.1, 0.15) is 32.6 Å². The fourth-order valence-corrected chi connectivity index (χ4v) is 1.92. The Kier molecular flexibility index (Phi) is 3.59. The number of alkyl halides is 6. The van der Waals surface area contributed by atoms with Gasteiger partial charge in [-0.25, -0.2) is 0 Å². The zero-order valence-corrected chi connectivity index (χ0v) is 8.67. The topological polar surface area (TPSA) is 0 Å². The number of rotatable bonds is 0. The molecule has 0 saturated heterocycles. The van der Waals surface area contributed by atoms with Gasteiger partial charge in [0, 0.05) is 0 Å². The predicted molar refractivity (Wildman–Crippen MR) is 46.8 cm³/mol. The Bertz CT molecular complexity index is 257. The molecule has 0 radical (unpaired) electrons. The van der Waals surface area contributed by atoms with E-state index in [1.54, 1.807) is 0 Å². The highest BCUT2D eigenvalue weighted by Gasteiger charge is 2.52. The summed E-state index contributed by atoms with van der Waals surface area (Å²) >= 11 is 0. The molecule has 0 aromatic carbocycles. The minimum Gasteiger partial charge on any atom is -0.166 e. The molecule has 1 aliphatic carbocycles. The van der Waals surface area contributed by atoms with E-state index in [0.29, 0.717) is 12.8 Å². The molecule has 6 heteroatoms. The van der Waals surface area contributed by atoms with E-state index in [9.17, 15) is 26.3 Å². The van der Waals surface area contributed by atoms with Gasteiger partial charge in [0.25, 0.3) is 0 Å². The molecule has 1 aliphatic rings. The third-order valence-corrected chi connectivity index (χ3v) is 2.80. The van der Waals surface area contributed by atoms with Crippen molar-refractivity contribution >= 4 is 0 Å². The van der Waals surface area contributed by atoms with Crippen LogP contribution in [-0.2, 0) is 0 Å². The molecule has 0 heterocycles. The Balaban J connectivity index is 3.06. The minimum absolute atomic E-state index is 0.102. The van der Waals surface area contributed by atoms with E-state index in [4.69, 9.17) is 0 Å². The van der Waals surface area contributed by atoms with E-state index in [0.717, 1.165) is 0 Å². The maximum Gasteiger partial charge on any atom is 0.421 e. The van der Waals surface area contributed by atoms with Gasteiger partial charge in [0.2, 0.25) is 0 Å². The van der Waals surface area contributed by atoms with Crippen molar-refractivity contribution in [1.82, 2.24) is 0 Å². The molecule has 0 amide bonds. The molecule has 1 saturated carbocycles. The van der Waals surface area contributed by atoms with Crippen LogP contribution < -0.4 is 0 Å². The molecule has 94 valence electrons. The minimum atomic E-state index is -5.30. The standard InChI is InChI=1S/C10H12F6/c1-6-2-4-7(5-3-6)8(9(11,12)13)10(14,15)16/h6H,2-5H2,1H3. The second kappa shape index (κ2) is 4.30. The monoisotopic (exact) mass is 246 g/mol. The summed E-state index contributed by atoms with van der Waals surface area (Å²) in [6.45, 7) is 1.83. The molecule has 1 rings (SSSR count). The first-order chi connectivity index (χ1) is 7.12. The molecule has 0 N–H and O–H groups in total. The molecular weight excluding hydrogens is 234 g/mol. The van der Waals surface area contributed by atoms with Crippen LogP contribution in [0.4, 0.5) is 26.3 Å². The van der Waals surface area contributed by atoms with Gasteiger partial charge in [-0.05, 0) is 31.6 Å². The van der Waals surface area contributed by atoms with Gasteiger partial charge in [-0.15, -0.1) is 0 Å². The van der Waals surface area contributed by atoms with Crippen molar-refractivity contribution in [3.05, 3.63) is 11.1 Å². The van der Waals surface area contributed by atoms with Crippen LogP contribution >= 0.6 is 0 Å². The summed E-state index contributed by atoms with van der Waals surface area (Å²) in [5.74, 6) is 0.200. The first kappa shape index (κ1) is 13.4. The lowest BCUT2D eigenvalue weighted by Crippen LogP contribution is -2.29. The Morgan fingerprint density at radius 1 is 0.938 bits per heavy atom. The fourth-order valence-electron chi connectivity index (χ4n) is 1.92. The van der Waals surface area contributed by atoms with Crippen LogP contribution in [0.2, 0.25) is 0 Å². The average Bonchev–Trinajstić information content (AvgIpc) is 2.03. The number of halogens is 6. The quantitative estimate of drug-likeness (QED) is 0.432. The Morgan fingerprint density at radius 2 is 1.31 bits per heavy atom. The summed E-state index contributed by atoms with van der Waals surface area (Å²) in [6.07, 6.45) is -10.0. The average molecular weight is 246 g/mol. The van der Waals surface area contributed by atoms with Crippen molar-refractivity contribution in [2.24, 2.45) is 5.92 Å². The van der Waals surface area contributed by atoms with Crippen molar-refractivity contribution in [2.75, 3.05) is 0 Å². The Hall–Kier alpha value is -0.680. The highest BCUT2D eigenvalue weighted by Crippen LogP contribution is 2.44. The van der Waals surface area contributed by atoms with Gasteiger partial charge in [0.15, 0.2) is 0 Å². The molecule has 0 spiro atoms. The van der Waals surface area contributed by atoms with Crippen molar-refractivity contribution in [2.45, 2.75) is 45.0 Å². The highest BCUT2D eigenvalue weighted by atomic mass is 19.4. The van der Waals surface area contributed by atoms with Crippen LogP contribution in [0, 0.1) is 5.92 Å². The molecule has 0 unspecified atom stereocenters. The van der Waals surface area contributed by atoms with Gasteiger partial charge in [-0.2, -0.15) is 26.3 Å². The molecule has 0 aromatic heterocycles. The SMILES string of the molecule is CC1CCC(=C(C(F)(F)F)C(F)(F)F)CC1. The van der Waals surface area contributed by atoms with Gasteiger partial charge in [-0.3, -0.25) is 0 Å². The molecule has 0 atom stereocenters. The van der Waals surface area contributed by atoms with Crippen LogP contribution in [0.15, 0.2) is 11.1 Å². The first-order valence-corrected chi connectivity index (χ1v) is 4.98. The van der Waals surface area contributed by atoms with E-state index in [1.807, 2.05) is 6.92 Å². The third kappa shape index (κ3) is 3.15. The van der Waals surface area contributed by atoms with E-state index in [1.165, 1.54) is 0 Å². The second-order valence-corrected chi connectivity index (χ2v) is 4.16. The van der Waals surface area contributed by atoms with Crippen molar-refractivity contribution in [3.8, 4) is 0 Å². The van der Waals surface area contributed by atoms with Gasteiger partial charge in [0.05, 0.1) is 0 Å². The van der Waals surface area contributed by atoms with E-state index in [-0.39, 0.29) is 18.8 Å². The normalized spacial score (nSPS) is 23.4. The maximum atomic E-state index is 12.3. The predicted octanol–water partition coefficient (Wildman–Crippen LogP) is 4.62. The fraction of sp³-hybridized carbons (Fsp3) is 0.800. The third-order valence-electron chi connectivity index (χ3n) is 2.80. The zero-order valence-electron chi connectivity index (χ0n) is 8.67. The highest BCUT2D eigenvalue weighted by molar-refractivity contribution is 5.25. The summed E-state index contributed by atoms with van der Waals surface area (Å²) in [5.41, 5.74) is -2.77. The number of allylic oxidation sites excluding steroid dienone is 2. The smallest absolute Gasteiger partial charge is 0.166 e. The number of hydrogen-bond donors (Lipinski definition) is 0. The zero-order chi connectivity index (χ0) is 12.6. The van der Waals surface area contributed by atoms with Crippen LogP contribution in [0.25, 0.3) is 0 Å². The molecule has 0 aliphatic heterocycles. The molecule has 0 aromatic rings. The van der Waals surface area contributed by atoms with E-state index >= 15 is 0 Å². The lowest BCUT2D eigenvalue weighted by Gasteiger charge is -2.25. The van der Waals surface area contributed by atoms with Crippen LogP contribution in [-0.4, -0.2) is 12.4 Å². The summed E-state index contributed by atoms with van der Waals surface area (Å²) in [7, 11) is 0. The second-order valence-electron chi connectivity index (χ2n) is 4.16. The van der Waals surface area contributed by atoms with Gasteiger partial charge >= 0.3 is 12.4 Å². The summed E-state index contributed by atoms with van der Waals surface area (Å²) < 4.78 is 73.9. The Labute approximate surface area is 89.3 Å².